The third-order valence-electron chi connectivity index (χ3n) is 4.87. The monoisotopic (exact) mass is 542 g/mol. The summed E-state index contributed by atoms with van der Waals surface area (Å²) in [6.07, 6.45) is 1.48. The van der Waals surface area contributed by atoms with E-state index in [-0.39, 0.29) is 35.8 Å². The Hall–Kier alpha value is -0.960. The van der Waals surface area contributed by atoms with Gasteiger partial charge in [-0.1, -0.05) is 5.16 Å². The predicted molar refractivity (Wildman–Crippen MR) is 121 cm³/mol. The van der Waals surface area contributed by atoms with Crippen molar-refractivity contribution in [3.63, 3.8) is 0 Å². The van der Waals surface area contributed by atoms with Crippen LogP contribution in [0, 0.1) is 0 Å². The predicted octanol–water partition coefficient (Wildman–Crippen LogP) is 0.0361. The molecule has 1 aromatic rings. The molecule has 0 aliphatic carbocycles. The van der Waals surface area contributed by atoms with E-state index in [9.17, 15) is 8.42 Å². The zero-order valence-corrected chi connectivity index (χ0v) is 20.1. The molecule has 3 rings (SSSR count). The molecule has 0 saturated carbocycles. The van der Waals surface area contributed by atoms with Crippen molar-refractivity contribution in [1.82, 2.24) is 24.6 Å². The number of sulfonamides is 1. The van der Waals surface area contributed by atoms with E-state index in [4.69, 9.17) is 14.3 Å². The second-order valence-electron chi connectivity index (χ2n) is 7.08. The standard InChI is InChI=1S/C17H30N6O4S.HI/c1-3-18-17(19-12-16-13-21(2)9-11-26-16)22-5-7-23(8-6-22)28(24,25)14-15-4-10-27-20-15;/h4,10,16H,3,5-9,11-14H2,1-2H3,(H,18,19);1H. The Morgan fingerprint density at radius 1 is 1.31 bits per heavy atom. The van der Waals surface area contributed by atoms with Gasteiger partial charge in [0.25, 0.3) is 0 Å². The van der Waals surface area contributed by atoms with Crippen LogP contribution in [-0.4, -0.2) is 106 Å². The molecule has 12 heteroatoms. The van der Waals surface area contributed by atoms with Crippen LogP contribution in [0.3, 0.4) is 0 Å². The Bertz CT molecular complexity index is 737. The van der Waals surface area contributed by atoms with E-state index in [1.807, 2.05) is 6.92 Å². The first-order chi connectivity index (χ1) is 13.5. The third kappa shape index (κ3) is 7.05. The number of nitrogens with zero attached hydrogens (tertiary/aromatic N) is 5. The lowest BCUT2D eigenvalue weighted by Crippen LogP contribution is -2.54. The summed E-state index contributed by atoms with van der Waals surface area (Å²) in [6.45, 7) is 7.97. The molecule has 0 amide bonds. The molecule has 1 N–H and O–H groups in total. The van der Waals surface area contributed by atoms with Crippen molar-refractivity contribution in [1.29, 1.82) is 0 Å². The fourth-order valence-electron chi connectivity index (χ4n) is 3.36. The smallest absolute Gasteiger partial charge is 0.220 e. The molecule has 0 aromatic carbocycles. The number of aromatic nitrogens is 1. The van der Waals surface area contributed by atoms with Crippen molar-refractivity contribution in [2.24, 2.45) is 4.99 Å². The molecule has 2 aliphatic heterocycles. The van der Waals surface area contributed by atoms with Gasteiger partial charge < -0.3 is 24.4 Å². The number of likely N-dealkylation sites (N-methyl/N-ethyl adjacent to an activating group) is 1. The van der Waals surface area contributed by atoms with Crippen molar-refractivity contribution in [2.45, 2.75) is 18.8 Å². The summed E-state index contributed by atoms with van der Waals surface area (Å²) in [5.74, 6) is 0.678. The maximum Gasteiger partial charge on any atom is 0.220 e. The molecule has 2 saturated heterocycles. The van der Waals surface area contributed by atoms with Crippen LogP contribution in [0.5, 0.6) is 0 Å². The number of guanidine groups is 1. The zero-order valence-electron chi connectivity index (χ0n) is 17.0. The molecule has 2 fully saturated rings. The lowest BCUT2D eigenvalue weighted by molar-refractivity contribution is -0.0137. The molecule has 29 heavy (non-hydrogen) atoms. The van der Waals surface area contributed by atoms with Crippen LogP contribution in [-0.2, 0) is 20.5 Å². The fraction of sp³-hybridized carbons (Fsp3) is 0.765. The van der Waals surface area contributed by atoms with Crippen molar-refractivity contribution in [2.75, 3.05) is 66.0 Å². The summed E-state index contributed by atoms with van der Waals surface area (Å²) in [6, 6.07) is 1.58. The molecule has 1 aromatic heterocycles. The molecule has 0 radical (unpaired) electrons. The average molecular weight is 542 g/mol. The summed E-state index contributed by atoms with van der Waals surface area (Å²) < 4.78 is 37.2. The van der Waals surface area contributed by atoms with E-state index in [1.165, 1.54) is 10.6 Å². The molecule has 166 valence electrons. The number of ether oxygens (including phenoxy) is 1. The van der Waals surface area contributed by atoms with Crippen LogP contribution in [0.2, 0.25) is 0 Å². The first-order valence-electron chi connectivity index (χ1n) is 9.68. The first kappa shape index (κ1) is 24.3. The van der Waals surface area contributed by atoms with Crippen LogP contribution in [0.15, 0.2) is 21.8 Å². The van der Waals surface area contributed by atoms with Gasteiger partial charge in [-0.25, -0.2) is 8.42 Å². The Balaban J connectivity index is 0.00000300. The fourth-order valence-corrected chi connectivity index (χ4v) is 4.78. The zero-order chi connectivity index (χ0) is 20.0. The van der Waals surface area contributed by atoms with Crippen molar-refractivity contribution >= 4 is 40.0 Å². The molecule has 0 bridgehead atoms. The average Bonchev–Trinajstić information content (AvgIpc) is 3.17. The molecular weight excluding hydrogens is 511 g/mol. The topological polar surface area (TPSA) is 104 Å². The lowest BCUT2D eigenvalue weighted by Gasteiger charge is -2.36. The minimum Gasteiger partial charge on any atom is -0.374 e. The van der Waals surface area contributed by atoms with Gasteiger partial charge >= 0.3 is 0 Å². The van der Waals surface area contributed by atoms with E-state index in [1.54, 1.807) is 6.07 Å². The highest BCUT2D eigenvalue weighted by atomic mass is 127. The summed E-state index contributed by atoms with van der Waals surface area (Å²) in [7, 11) is -1.32. The quantitative estimate of drug-likeness (QED) is 0.306. The molecule has 3 heterocycles. The number of hydrogen-bond donors (Lipinski definition) is 1. The van der Waals surface area contributed by atoms with Crippen LogP contribution in [0.25, 0.3) is 0 Å². The van der Waals surface area contributed by atoms with Crippen molar-refractivity contribution in [3.05, 3.63) is 18.0 Å². The van der Waals surface area contributed by atoms with Crippen LogP contribution in [0.1, 0.15) is 12.6 Å². The second kappa shape index (κ2) is 11.4. The summed E-state index contributed by atoms with van der Waals surface area (Å²) in [5, 5.41) is 7.01. The van der Waals surface area contributed by atoms with Crippen LogP contribution < -0.4 is 5.32 Å². The summed E-state index contributed by atoms with van der Waals surface area (Å²) >= 11 is 0. The lowest BCUT2D eigenvalue weighted by atomic mass is 10.3. The molecule has 2 aliphatic rings. The van der Waals surface area contributed by atoms with E-state index < -0.39 is 10.0 Å². The van der Waals surface area contributed by atoms with Gasteiger partial charge in [-0.2, -0.15) is 4.31 Å². The van der Waals surface area contributed by atoms with E-state index >= 15 is 0 Å². The highest BCUT2D eigenvalue weighted by Gasteiger charge is 2.29. The summed E-state index contributed by atoms with van der Waals surface area (Å²) in [5.41, 5.74) is 0.426. The normalized spacial score (nSPS) is 22.3. The second-order valence-corrected chi connectivity index (χ2v) is 9.05. The maximum absolute atomic E-state index is 12.6. The molecule has 1 unspecified atom stereocenters. The highest BCUT2D eigenvalue weighted by molar-refractivity contribution is 14.0. The van der Waals surface area contributed by atoms with Crippen LogP contribution in [0.4, 0.5) is 0 Å². The van der Waals surface area contributed by atoms with Crippen LogP contribution >= 0.6 is 24.0 Å². The van der Waals surface area contributed by atoms with Gasteiger partial charge in [-0.3, -0.25) is 4.99 Å². The Morgan fingerprint density at radius 2 is 2.07 bits per heavy atom. The van der Waals surface area contributed by atoms with Gasteiger partial charge in [0, 0.05) is 51.9 Å². The molecule has 0 spiro atoms. The Kier molecular flexibility index (Phi) is 9.59. The van der Waals surface area contributed by atoms with E-state index in [0.29, 0.717) is 38.4 Å². The van der Waals surface area contributed by atoms with Gasteiger partial charge in [0.1, 0.15) is 12.0 Å². The van der Waals surface area contributed by atoms with Gasteiger partial charge in [-0.05, 0) is 14.0 Å². The number of halogens is 1. The molecular formula is C17H31IN6O4S. The van der Waals surface area contributed by atoms with Gasteiger partial charge in [-0.15, -0.1) is 24.0 Å². The van der Waals surface area contributed by atoms with E-state index in [2.05, 4.69) is 27.3 Å². The van der Waals surface area contributed by atoms with Gasteiger partial charge in [0.15, 0.2) is 5.96 Å². The Morgan fingerprint density at radius 3 is 2.69 bits per heavy atom. The molecule has 1 atom stereocenters. The Labute approximate surface area is 189 Å². The number of morpholine rings is 1. The number of aliphatic imine (C=N–C) groups is 1. The summed E-state index contributed by atoms with van der Waals surface area (Å²) in [4.78, 5) is 9.09. The first-order valence-corrected chi connectivity index (χ1v) is 11.3. The number of rotatable bonds is 6. The number of piperazine rings is 1. The van der Waals surface area contributed by atoms with E-state index in [0.717, 1.165) is 32.2 Å². The number of hydrogen-bond acceptors (Lipinski definition) is 7. The minimum absolute atomic E-state index is 0. The maximum atomic E-state index is 12.6. The van der Waals surface area contributed by atoms with Gasteiger partial charge in [0.2, 0.25) is 10.0 Å². The third-order valence-corrected chi connectivity index (χ3v) is 6.69. The van der Waals surface area contributed by atoms with Crippen molar-refractivity contribution in [3.8, 4) is 0 Å². The highest BCUT2D eigenvalue weighted by Crippen LogP contribution is 2.13. The largest absolute Gasteiger partial charge is 0.374 e. The molecule has 10 nitrogen and oxygen atoms in total. The number of nitrogens with one attached hydrogen (secondary N) is 1. The minimum atomic E-state index is -3.40. The van der Waals surface area contributed by atoms with Gasteiger partial charge in [0.05, 0.1) is 24.9 Å². The van der Waals surface area contributed by atoms with Crippen molar-refractivity contribution < 1.29 is 17.7 Å². The SMILES string of the molecule is CCNC(=NCC1CN(C)CCO1)N1CCN(S(=O)(=O)Cc2ccon2)CC1.I.